The van der Waals surface area contributed by atoms with E-state index in [9.17, 15) is 38.3 Å². The maximum Gasteiger partial charge on any atom is 0.409 e. The highest BCUT2D eigenvalue weighted by Gasteiger charge is 2.36. The molecular formula is C32H42FN7O9. The molecule has 0 unspecified atom stereocenters. The van der Waals surface area contributed by atoms with Crippen LogP contribution in [0, 0.1) is 0 Å². The van der Waals surface area contributed by atoms with E-state index in [1.165, 1.54) is 25.4 Å². The number of likely N-dealkylation sites (tertiary alicyclic amines) is 1. The highest BCUT2D eigenvalue weighted by molar-refractivity contribution is 5.96. The summed E-state index contributed by atoms with van der Waals surface area (Å²) in [4.78, 5) is 80.8. The molecule has 1 aromatic carbocycles. The number of rotatable bonds is 14. The van der Waals surface area contributed by atoms with Gasteiger partial charge in [-0.15, -0.1) is 0 Å². The number of hydrogen-bond donors (Lipinski definition) is 3. The molecule has 3 heterocycles. The zero-order chi connectivity index (χ0) is 35.5. The molecule has 16 nitrogen and oxygen atoms in total. The largest absolute Gasteiger partial charge is 0.481 e. The molecule has 2 fully saturated rings. The number of hydrogen-bond acceptors (Lipinski definition) is 9. The van der Waals surface area contributed by atoms with Gasteiger partial charge in [-0.3, -0.25) is 24.0 Å². The zero-order valence-electron chi connectivity index (χ0n) is 27.5. The molecule has 2 aliphatic rings. The molecule has 49 heavy (non-hydrogen) atoms. The summed E-state index contributed by atoms with van der Waals surface area (Å²) in [6.45, 7) is 3.17. The van der Waals surface area contributed by atoms with Gasteiger partial charge in [-0.1, -0.05) is 18.2 Å². The first-order valence-electron chi connectivity index (χ1n) is 16.2. The Kier molecular flexibility index (Phi) is 12.9. The van der Waals surface area contributed by atoms with Gasteiger partial charge >= 0.3 is 12.1 Å². The third-order valence-electron chi connectivity index (χ3n) is 8.21. The van der Waals surface area contributed by atoms with Crippen LogP contribution in [0.1, 0.15) is 50.0 Å². The predicted molar refractivity (Wildman–Crippen MR) is 171 cm³/mol. The number of aliphatic carboxylic acids is 1. The summed E-state index contributed by atoms with van der Waals surface area (Å²) in [5.74, 6) is -3.34. The second kappa shape index (κ2) is 17.3. The van der Waals surface area contributed by atoms with Crippen molar-refractivity contribution in [2.75, 3.05) is 52.6 Å². The number of aromatic nitrogens is 2. The average Bonchev–Trinajstić information content (AvgIpc) is 3.76. The average molecular weight is 688 g/mol. The lowest BCUT2D eigenvalue weighted by molar-refractivity contribution is -0.140. The van der Waals surface area contributed by atoms with Gasteiger partial charge < -0.3 is 39.9 Å². The third kappa shape index (κ3) is 9.45. The number of carbonyl (C=O) groups excluding carboxylic acids is 5. The van der Waals surface area contributed by atoms with Gasteiger partial charge in [0.15, 0.2) is 12.3 Å². The maximum atomic E-state index is 13.7. The van der Waals surface area contributed by atoms with E-state index in [2.05, 4.69) is 15.7 Å². The summed E-state index contributed by atoms with van der Waals surface area (Å²) in [6, 6.07) is 7.54. The van der Waals surface area contributed by atoms with Gasteiger partial charge in [0.25, 0.3) is 11.8 Å². The number of amides is 5. The molecule has 0 bridgehead atoms. The van der Waals surface area contributed by atoms with Crippen molar-refractivity contribution in [3.8, 4) is 11.6 Å². The summed E-state index contributed by atoms with van der Waals surface area (Å²) >= 11 is 0. The maximum absolute atomic E-state index is 13.7. The van der Waals surface area contributed by atoms with Crippen LogP contribution in [0.3, 0.4) is 0 Å². The van der Waals surface area contributed by atoms with Crippen LogP contribution in [-0.4, -0.2) is 136 Å². The minimum absolute atomic E-state index is 0.0273. The number of nitrogens with zero attached hydrogens (tertiary/aromatic N) is 5. The van der Waals surface area contributed by atoms with Gasteiger partial charge in [-0.2, -0.15) is 5.10 Å². The SMILES string of the molecule is CCOC(=O)N1CCN(C(=O)[C@H](CCC(=O)O)NC(=O)c2cc(OCC(=O)N3CCC[C@H]3C(=O)NCCF)n(-c3ccccc3)n2)[C@H](C)C1. The molecule has 5 amide bonds. The minimum atomic E-state index is -1.22. The Morgan fingerprint density at radius 2 is 1.84 bits per heavy atom. The van der Waals surface area contributed by atoms with E-state index in [1.807, 2.05) is 0 Å². The quantitative estimate of drug-likeness (QED) is 0.258. The Labute approximate surface area is 282 Å². The van der Waals surface area contributed by atoms with Crippen molar-refractivity contribution >= 4 is 35.7 Å². The Morgan fingerprint density at radius 3 is 2.51 bits per heavy atom. The first-order valence-corrected chi connectivity index (χ1v) is 16.2. The first kappa shape index (κ1) is 36.6. The standard InChI is InChI=1S/C32H42FN7O9/c1-3-48-32(47)37-16-17-38(21(2)19-37)31(46)23(11-12-28(42)43)35-29(44)24-18-27(40(36-24)22-8-5-4-6-9-22)49-20-26(41)39-15-7-10-25(39)30(45)34-14-13-33/h4-6,8-9,18,21,23,25H,3,7,10-17,19-20H2,1-2H3,(H,34,45)(H,35,44)(H,42,43)/t21-,23+,25+/m1/s1. The molecule has 17 heteroatoms. The van der Waals surface area contributed by atoms with Crippen molar-refractivity contribution in [2.24, 2.45) is 0 Å². The van der Waals surface area contributed by atoms with E-state index in [1.54, 1.807) is 44.2 Å². The number of carbonyl (C=O) groups is 6. The Bertz CT molecular complexity index is 1500. The van der Waals surface area contributed by atoms with Crippen LogP contribution in [0.15, 0.2) is 36.4 Å². The van der Waals surface area contributed by atoms with Gasteiger partial charge in [0.1, 0.15) is 18.8 Å². The molecule has 0 aliphatic carbocycles. The second-order valence-corrected chi connectivity index (χ2v) is 11.6. The van der Waals surface area contributed by atoms with Crippen LogP contribution in [0.4, 0.5) is 9.18 Å². The van der Waals surface area contributed by atoms with Crippen LogP contribution < -0.4 is 15.4 Å². The molecule has 2 aromatic rings. The molecule has 4 rings (SSSR count). The molecule has 0 saturated carbocycles. The third-order valence-corrected chi connectivity index (χ3v) is 8.21. The number of benzene rings is 1. The Balaban J connectivity index is 1.50. The topological polar surface area (TPSA) is 193 Å². The van der Waals surface area contributed by atoms with Crippen molar-refractivity contribution in [3.63, 3.8) is 0 Å². The van der Waals surface area contributed by atoms with Crippen molar-refractivity contribution in [3.05, 3.63) is 42.1 Å². The number of nitrogens with one attached hydrogen (secondary N) is 2. The normalized spacial score (nSPS) is 18.1. The van der Waals surface area contributed by atoms with Crippen LogP contribution >= 0.6 is 0 Å². The number of carboxylic acid groups (broad SMARTS) is 1. The van der Waals surface area contributed by atoms with Crippen LogP contribution in [-0.2, 0) is 23.9 Å². The highest BCUT2D eigenvalue weighted by atomic mass is 19.1. The van der Waals surface area contributed by atoms with Gasteiger partial charge in [0, 0.05) is 51.3 Å². The zero-order valence-corrected chi connectivity index (χ0v) is 27.5. The van der Waals surface area contributed by atoms with E-state index < -0.39 is 73.5 Å². The Morgan fingerprint density at radius 1 is 1.08 bits per heavy atom. The van der Waals surface area contributed by atoms with Gasteiger partial charge in [-0.05, 0) is 45.2 Å². The van der Waals surface area contributed by atoms with Gasteiger partial charge in [-0.25, -0.2) is 13.9 Å². The lowest BCUT2D eigenvalue weighted by Crippen LogP contribution is -2.59. The summed E-state index contributed by atoms with van der Waals surface area (Å²) < 4.78 is 24.8. The van der Waals surface area contributed by atoms with Crippen LogP contribution in [0.2, 0.25) is 0 Å². The Hall–Kier alpha value is -5.22. The summed E-state index contributed by atoms with van der Waals surface area (Å²) in [5, 5.41) is 18.8. The molecule has 1 aromatic heterocycles. The number of carboxylic acids is 1. The van der Waals surface area contributed by atoms with Gasteiger partial charge in [0.2, 0.25) is 17.7 Å². The molecule has 3 N–H and O–H groups in total. The lowest BCUT2D eigenvalue weighted by atomic mass is 10.1. The molecule has 0 spiro atoms. The van der Waals surface area contributed by atoms with Crippen LogP contribution in [0.25, 0.3) is 5.69 Å². The van der Waals surface area contributed by atoms with Crippen molar-refractivity contribution in [1.82, 2.24) is 35.1 Å². The van der Waals surface area contributed by atoms with E-state index >= 15 is 0 Å². The number of halogens is 1. The van der Waals surface area contributed by atoms with E-state index in [0.29, 0.717) is 25.1 Å². The highest BCUT2D eigenvalue weighted by Crippen LogP contribution is 2.22. The fourth-order valence-corrected chi connectivity index (χ4v) is 5.80. The monoisotopic (exact) mass is 687 g/mol. The summed E-state index contributed by atoms with van der Waals surface area (Å²) in [6.07, 6.45) is -0.0695. The lowest BCUT2D eigenvalue weighted by Gasteiger charge is -2.40. The van der Waals surface area contributed by atoms with Crippen molar-refractivity contribution in [2.45, 2.75) is 57.7 Å². The number of alkyl halides is 1. The summed E-state index contributed by atoms with van der Waals surface area (Å²) in [5.41, 5.74) is 0.338. The predicted octanol–water partition coefficient (Wildman–Crippen LogP) is 0.980. The van der Waals surface area contributed by atoms with Crippen LogP contribution in [0.5, 0.6) is 5.88 Å². The molecule has 266 valence electrons. The van der Waals surface area contributed by atoms with E-state index in [-0.39, 0.29) is 50.8 Å². The molecule has 2 aliphatic heterocycles. The molecule has 2 saturated heterocycles. The number of ether oxygens (including phenoxy) is 2. The second-order valence-electron chi connectivity index (χ2n) is 11.6. The minimum Gasteiger partial charge on any atom is -0.481 e. The molecule has 3 atom stereocenters. The van der Waals surface area contributed by atoms with E-state index in [0.717, 1.165) is 0 Å². The smallest absolute Gasteiger partial charge is 0.409 e. The van der Waals surface area contributed by atoms with Crippen molar-refractivity contribution in [1.29, 1.82) is 0 Å². The van der Waals surface area contributed by atoms with Gasteiger partial charge in [0.05, 0.1) is 12.3 Å². The fourth-order valence-electron chi connectivity index (χ4n) is 5.80. The molecular weight excluding hydrogens is 645 g/mol. The molecule has 0 radical (unpaired) electrons. The first-order chi connectivity index (χ1) is 23.5. The number of piperazine rings is 1. The fraction of sp³-hybridized carbons (Fsp3) is 0.531. The number of para-hydroxylation sites is 1. The van der Waals surface area contributed by atoms with Crippen molar-refractivity contribution < 1.29 is 47.7 Å². The summed E-state index contributed by atoms with van der Waals surface area (Å²) in [7, 11) is 0. The van der Waals surface area contributed by atoms with E-state index in [4.69, 9.17) is 9.47 Å².